The molecule has 2 heterocycles. The van der Waals surface area contributed by atoms with E-state index in [-0.39, 0.29) is 11.6 Å². The molecular formula is C14H21N5O2. The molecule has 21 heavy (non-hydrogen) atoms. The van der Waals surface area contributed by atoms with Gasteiger partial charge in [0.15, 0.2) is 0 Å². The van der Waals surface area contributed by atoms with Crippen molar-refractivity contribution in [2.45, 2.75) is 45.4 Å². The van der Waals surface area contributed by atoms with Crippen LogP contribution in [0.5, 0.6) is 0 Å². The van der Waals surface area contributed by atoms with Gasteiger partial charge in [0.05, 0.1) is 4.92 Å². The van der Waals surface area contributed by atoms with E-state index in [1.807, 2.05) is 4.90 Å². The van der Waals surface area contributed by atoms with Gasteiger partial charge >= 0.3 is 5.69 Å². The van der Waals surface area contributed by atoms with E-state index in [1.165, 1.54) is 25.7 Å². The van der Waals surface area contributed by atoms with Gasteiger partial charge in [0.1, 0.15) is 5.69 Å². The first-order chi connectivity index (χ1) is 10.0. The SMILES string of the molecule is Cc1nc(N)nc(N2CCC3(CCCC3)CC2)c1[N+](=O)[O-]. The summed E-state index contributed by atoms with van der Waals surface area (Å²) in [5, 5.41) is 11.3. The van der Waals surface area contributed by atoms with Gasteiger partial charge in [0.2, 0.25) is 11.8 Å². The Morgan fingerprint density at radius 1 is 1.19 bits per heavy atom. The fourth-order valence-corrected chi connectivity index (χ4v) is 3.83. The van der Waals surface area contributed by atoms with Crippen molar-refractivity contribution in [1.82, 2.24) is 9.97 Å². The van der Waals surface area contributed by atoms with Gasteiger partial charge in [0.25, 0.3) is 0 Å². The Bertz CT molecular complexity index is 559. The number of rotatable bonds is 2. The molecule has 1 saturated carbocycles. The summed E-state index contributed by atoms with van der Waals surface area (Å²) in [7, 11) is 0. The maximum atomic E-state index is 11.3. The number of nitrogen functional groups attached to an aromatic ring is 1. The molecule has 7 nitrogen and oxygen atoms in total. The minimum absolute atomic E-state index is 0.00780. The second-order valence-electron chi connectivity index (χ2n) is 6.29. The molecule has 7 heteroatoms. The number of nitrogens with zero attached hydrogens (tertiary/aromatic N) is 4. The van der Waals surface area contributed by atoms with Gasteiger partial charge in [-0.3, -0.25) is 10.1 Å². The number of hydrogen-bond acceptors (Lipinski definition) is 6. The molecule has 2 fully saturated rings. The van der Waals surface area contributed by atoms with Gasteiger partial charge in [0, 0.05) is 13.1 Å². The molecule has 0 radical (unpaired) electrons. The lowest BCUT2D eigenvalue weighted by Crippen LogP contribution is -2.39. The van der Waals surface area contributed by atoms with E-state index in [0.717, 1.165) is 25.9 Å². The molecule has 0 atom stereocenters. The molecule has 1 aromatic rings. The topological polar surface area (TPSA) is 98.2 Å². The molecule has 1 aliphatic carbocycles. The van der Waals surface area contributed by atoms with Gasteiger partial charge in [-0.1, -0.05) is 12.8 Å². The fourth-order valence-electron chi connectivity index (χ4n) is 3.83. The maximum absolute atomic E-state index is 11.3. The second kappa shape index (κ2) is 5.13. The van der Waals surface area contributed by atoms with Gasteiger partial charge in [-0.25, -0.2) is 4.98 Å². The zero-order chi connectivity index (χ0) is 15.0. The highest BCUT2D eigenvalue weighted by atomic mass is 16.6. The van der Waals surface area contributed by atoms with Crippen LogP contribution in [0, 0.1) is 22.5 Å². The van der Waals surface area contributed by atoms with Crippen LogP contribution in [0.2, 0.25) is 0 Å². The molecule has 2 N–H and O–H groups in total. The van der Waals surface area contributed by atoms with Crippen LogP contribution < -0.4 is 10.6 Å². The van der Waals surface area contributed by atoms with Crippen molar-refractivity contribution in [3.63, 3.8) is 0 Å². The number of aryl methyl sites for hydroxylation is 1. The fraction of sp³-hybridized carbons (Fsp3) is 0.714. The smallest absolute Gasteiger partial charge is 0.332 e. The third kappa shape index (κ3) is 2.52. The number of hydrogen-bond donors (Lipinski definition) is 1. The number of nitrogens with two attached hydrogens (primary N) is 1. The van der Waals surface area contributed by atoms with Crippen LogP contribution in [-0.4, -0.2) is 28.0 Å². The third-order valence-corrected chi connectivity index (χ3v) is 5.03. The Morgan fingerprint density at radius 2 is 1.81 bits per heavy atom. The average molecular weight is 291 g/mol. The van der Waals surface area contributed by atoms with Crippen molar-refractivity contribution in [3.05, 3.63) is 15.8 Å². The standard InChI is InChI=1S/C14H21N5O2/c1-10-11(19(20)21)12(17-13(15)16-10)18-8-6-14(7-9-18)4-2-3-5-14/h2-9H2,1H3,(H2,15,16,17). The summed E-state index contributed by atoms with van der Waals surface area (Å²) in [4.78, 5) is 21.0. The van der Waals surface area contributed by atoms with Gasteiger partial charge in [-0.15, -0.1) is 0 Å². The summed E-state index contributed by atoms with van der Waals surface area (Å²) in [6.45, 7) is 3.25. The Morgan fingerprint density at radius 3 is 2.38 bits per heavy atom. The molecule has 1 aromatic heterocycles. The van der Waals surface area contributed by atoms with E-state index in [2.05, 4.69) is 9.97 Å². The molecule has 2 aliphatic rings. The van der Waals surface area contributed by atoms with Crippen LogP contribution in [0.4, 0.5) is 17.5 Å². The summed E-state index contributed by atoms with van der Waals surface area (Å²) in [6, 6.07) is 0. The molecular weight excluding hydrogens is 270 g/mol. The van der Waals surface area contributed by atoms with Crippen LogP contribution in [0.3, 0.4) is 0 Å². The molecule has 1 aliphatic heterocycles. The van der Waals surface area contributed by atoms with Crippen molar-refractivity contribution in [2.24, 2.45) is 5.41 Å². The van der Waals surface area contributed by atoms with Crippen LogP contribution in [0.1, 0.15) is 44.2 Å². The van der Waals surface area contributed by atoms with E-state index < -0.39 is 4.92 Å². The lowest BCUT2D eigenvalue weighted by molar-refractivity contribution is -0.385. The van der Waals surface area contributed by atoms with E-state index in [4.69, 9.17) is 5.73 Å². The van der Waals surface area contributed by atoms with Gasteiger partial charge in [-0.05, 0) is 38.0 Å². The number of nitro groups is 1. The summed E-state index contributed by atoms with van der Waals surface area (Å²) in [6.07, 6.45) is 7.42. The normalized spacial score (nSPS) is 20.9. The van der Waals surface area contributed by atoms with E-state index in [1.54, 1.807) is 6.92 Å². The number of piperidine rings is 1. The average Bonchev–Trinajstić information content (AvgIpc) is 2.86. The first-order valence-electron chi connectivity index (χ1n) is 7.54. The zero-order valence-electron chi connectivity index (χ0n) is 12.3. The van der Waals surface area contributed by atoms with Crippen molar-refractivity contribution >= 4 is 17.5 Å². The highest BCUT2D eigenvalue weighted by Gasteiger charge is 2.38. The first kappa shape index (κ1) is 14.0. The molecule has 3 rings (SSSR count). The van der Waals surface area contributed by atoms with Crippen molar-refractivity contribution in [2.75, 3.05) is 23.7 Å². The van der Waals surface area contributed by atoms with Gasteiger partial charge in [-0.2, -0.15) is 4.98 Å². The predicted molar refractivity (Wildman–Crippen MR) is 80.2 cm³/mol. The molecule has 0 unspecified atom stereocenters. The summed E-state index contributed by atoms with van der Waals surface area (Å²) in [5.41, 5.74) is 6.48. The molecule has 0 amide bonds. The Kier molecular flexibility index (Phi) is 3.43. The van der Waals surface area contributed by atoms with Crippen LogP contribution in [-0.2, 0) is 0 Å². The van der Waals surface area contributed by atoms with E-state index in [9.17, 15) is 10.1 Å². The number of aromatic nitrogens is 2. The lowest BCUT2D eigenvalue weighted by atomic mass is 9.77. The third-order valence-electron chi connectivity index (χ3n) is 5.03. The zero-order valence-corrected chi connectivity index (χ0v) is 12.3. The quantitative estimate of drug-likeness (QED) is 0.663. The lowest BCUT2D eigenvalue weighted by Gasteiger charge is -2.39. The largest absolute Gasteiger partial charge is 0.368 e. The van der Waals surface area contributed by atoms with E-state index in [0.29, 0.717) is 16.9 Å². The Hall–Kier alpha value is -1.92. The second-order valence-corrected chi connectivity index (χ2v) is 6.29. The van der Waals surface area contributed by atoms with Crippen molar-refractivity contribution in [1.29, 1.82) is 0 Å². The summed E-state index contributed by atoms with van der Waals surface area (Å²) >= 11 is 0. The minimum atomic E-state index is -0.399. The van der Waals surface area contributed by atoms with Crippen LogP contribution in [0.25, 0.3) is 0 Å². The van der Waals surface area contributed by atoms with Crippen molar-refractivity contribution in [3.8, 4) is 0 Å². The Balaban J connectivity index is 1.86. The molecule has 1 saturated heterocycles. The summed E-state index contributed by atoms with van der Waals surface area (Å²) in [5.74, 6) is 0.493. The maximum Gasteiger partial charge on any atom is 0.332 e. The molecule has 114 valence electrons. The van der Waals surface area contributed by atoms with Crippen molar-refractivity contribution < 1.29 is 4.92 Å². The Labute approximate surface area is 123 Å². The van der Waals surface area contributed by atoms with Gasteiger partial charge < -0.3 is 10.6 Å². The van der Waals surface area contributed by atoms with Crippen LogP contribution in [0.15, 0.2) is 0 Å². The monoisotopic (exact) mass is 291 g/mol. The van der Waals surface area contributed by atoms with Crippen LogP contribution >= 0.6 is 0 Å². The predicted octanol–water partition coefficient (Wildman–Crippen LogP) is 2.44. The molecule has 1 spiro atoms. The first-order valence-corrected chi connectivity index (χ1v) is 7.54. The van der Waals surface area contributed by atoms with E-state index >= 15 is 0 Å². The number of anilines is 2. The molecule has 0 aromatic carbocycles. The minimum Gasteiger partial charge on any atom is -0.368 e. The molecule has 0 bridgehead atoms. The summed E-state index contributed by atoms with van der Waals surface area (Å²) < 4.78 is 0. The highest BCUT2D eigenvalue weighted by Crippen LogP contribution is 2.47. The highest BCUT2D eigenvalue weighted by molar-refractivity contribution is 5.62.